The zero-order chi connectivity index (χ0) is 10.6. The fraction of sp³-hybridized carbons (Fsp3) is 0.545. The molecule has 78 valence electrons. The summed E-state index contributed by atoms with van der Waals surface area (Å²) in [6.45, 7) is 6.86. The van der Waals surface area contributed by atoms with E-state index in [-0.39, 0.29) is 5.54 Å². The summed E-state index contributed by atoms with van der Waals surface area (Å²) < 4.78 is 0. The molecule has 0 unspecified atom stereocenters. The molecule has 1 aromatic heterocycles. The second kappa shape index (κ2) is 4.42. The van der Waals surface area contributed by atoms with Crippen molar-refractivity contribution in [2.45, 2.75) is 32.7 Å². The van der Waals surface area contributed by atoms with Gasteiger partial charge in [0.05, 0.1) is 0 Å². The van der Waals surface area contributed by atoms with E-state index in [4.69, 9.17) is 5.73 Å². The van der Waals surface area contributed by atoms with Crippen molar-refractivity contribution in [3.8, 4) is 0 Å². The first-order valence-electron chi connectivity index (χ1n) is 4.99. The molecule has 3 heteroatoms. The SMILES string of the molecule is CCc1cc(NCC(C)(C)N)ccn1. The Bertz CT molecular complexity index is 289. The van der Waals surface area contributed by atoms with Gasteiger partial charge in [0.1, 0.15) is 0 Å². The first-order chi connectivity index (χ1) is 6.51. The molecule has 0 aliphatic heterocycles. The average Bonchev–Trinajstić information content (AvgIpc) is 2.14. The second-order valence-corrected chi connectivity index (χ2v) is 4.23. The van der Waals surface area contributed by atoms with E-state index < -0.39 is 0 Å². The summed E-state index contributed by atoms with van der Waals surface area (Å²) in [5.74, 6) is 0. The van der Waals surface area contributed by atoms with Crippen LogP contribution in [0, 0.1) is 0 Å². The van der Waals surface area contributed by atoms with E-state index >= 15 is 0 Å². The summed E-state index contributed by atoms with van der Waals surface area (Å²) in [7, 11) is 0. The Morgan fingerprint density at radius 1 is 1.50 bits per heavy atom. The van der Waals surface area contributed by atoms with Crippen molar-refractivity contribution in [1.29, 1.82) is 0 Å². The summed E-state index contributed by atoms with van der Waals surface area (Å²) in [5.41, 5.74) is 7.89. The maximum absolute atomic E-state index is 5.88. The molecule has 3 N–H and O–H groups in total. The van der Waals surface area contributed by atoms with Gasteiger partial charge in [-0.1, -0.05) is 6.92 Å². The standard InChI is InChI=1S/C11H19N3/c1-4-9-7-10(5-6-13-9)14-8-11(2,3)12/h5-7H,4,8,12H2,1-3H3,(H,13,14). The van der Waals surface area contributed by atoms with Crippen LogP contribution in [0.25, 0.3) is 0 Å². The highest BCUT2D eigenvalue weighted by molar-refractivity contribution is 5.43. The van der Waals surface area contributed by atoms with Crippen LogP contribution in [0.4, 0.5) is 5.69 Å². The lowest BCUT2D eigenvalue weighted by atomic mass is 10.1. The third-order valence-electron chi connectivity index (χ3n) is 1.93. The number of aryl methyl sites for hydroxylation is 1. The molecule has 0 bridgehead atoms. The third kappa shape index (κ3) is 3.75. The summed E-state index contributed by atoms with van der Waals surface area (Å²) in [4.78, 5) is 4.23. The van der Waals surface area contributed by atoms with Crippen LogP contribution < -0.4 is 11.1 Å². The molecular formula is C11H19N3. The van der Waals surface area contributed by atoms with Crippen LogP contribution in [0.2, 0.25) is 0 Å². The number of nitrogens with one attached hydrogen (secondary N) is 1. The number of hydrogen-bond donors (Lipinski definition) is 2. The first kappa shape index (κ1) is 11.0. The molecule has 1 rings (SSSR count). The van der Waals surface area contributed by atoms with E-state index in [9.17, 15) is 0 Å². The normalized spacial score (nSPS) is 11.4. The molecule has 0 saturated heterocycles. The monoisotopic (exact) mass is 193 g/mol. The quantitative estimate of drug-likeness (QED) is 0.766. The largest absolute Gasteiger partial charge is 0.383 e. The summed E-state index contributed by atoms with van der Waals surface area (Å²) in [5, 5.41) is 3.29. The van der Waals surface area contributed by atoms with Gasteiger partial charge < -0.3 is 11.1 Å². The summed E-state index contributed by atoms with van der Waals surface area (Å²) in [6, 6.07) is 4.02. The van der Waals surface area contributed by atoms with Crippen molar-refractivity contribution >= 4 is 5.69 Å². The number of aromatic nitrogens is 1. The van der Waals surface area contributed by atoms with Crippen LogP contribution >= 0.6 is 0 Å². The van der Waals surface area contributed by atoms with Gasteiger partial charge >= 0.3 is 0 Å². The van der Waals surface area contributed by atoms with Gasteiger partial charge in [-0.15, -0.1) is 0 Å². The highest BCUT2D eigenvalue weighted by Crippen LogP contribution is 2.09. The van der Waals surface area contributed by atoms with E-state index in [1.807, 2.05) is 26.1 Å². The van der Waals surface area contributed by atoms with Crippen molar-refractivity contribution in [3.63, 3.8) is 0 Å². The number of nitrogens with zero attached hydrogens (tertiary/aromatic N) is 1. The van der Waals surface area contributed by atoms with Crippen molar-refractivity contribution < 1.29 is 0 Å². The molecule has 3 nitrogen and oxygen atoms in total. The van der Waals surface area contributed by atoms with Gasteiger partial charge in [0.25, 0.3) is 0 Å². The number of nitrogens with two attached hydrogens (primary N) is 1. The Hall–Kier alpha value is -1.09. The minimum atomic E-state index is -0.185. The maximum atomic E-state index is 5.88. The molecule has 0 atom stereocenters. The van der Waals surface area contributed by atoms with Gasteiger partial charge in [-0.3, -0.25) is 4.98 Å². The Balaban J connectivity index is 2.59. The third-order valence-corrected chi connectivity index (χ3v) is 1.93. The maximum Gasteiger partial charge on any atom is 0.0421 e. The number of hydrogen-bond acceptors (Lipinski definition) is 3. The Morgan fingerprint density at radius 3 is 2.79 bits per heavy atom. The van der Waals surface area contributed by atoms with Crippen molar-refractivity contribution in [3.05, 3.63) is 24.0 Å². The van der Waals surface area contributed by atoms with E-state index in [2.05, 4.69) is 23.3 Å². The Labute approximate surface area is 85.7 Å². The molecule has 0 spiro atoms. The summed E-state index contributed by atoms with van der Waals surface area (Å²) in [6.07, 6.45) is 2.78. The molecular weight excluding hydrogens is 174 g/mol. The molecule has 1 heterocycles. The zero-order valence-electron chi connectivity index (χ0n) is 9.17. The summed E-state index contributed by atoms with van der Waals surface area (Å²) >= 11 is 0. The van der Waals surface area contributed by atoms with Crippen LogP contribution in [-0.4, -0.2) is 17.1 Å². The van der Waals surface area contributed by atoms with Gasteiger partial charge in [0.2, 0.25) is 0 Å². The molecule has 0 aromatic carbocycles. The van der Waals surface area contributed by atoms with Crippen LogP contribution in [0.15, 0.2) is 18.3 Å². The average molecular weight is 193 g/mol. The van der Waals surface area contributed by atoms with Crippen LogP contribution in [0.3, 0.4) is 0 Å². The van der Waals surface area contributed by atoms with Gasteiger partial charge in [-0.2, -0.15) is 0 Å². The highest BCUT2D eigenvalue weighted by atomic mass is 14.9. The molecule has 0 aliphatic rings. The lowest BCUT2D eigenvalue weighted by molar-refractivity contribution is 0.549. The van der Waals surface area contributed by atoms with Gasteiger partial charge in [-0.05, 0) is 32.4 Å². The number of anilines is 1. The molecule has 0 amide bonds. The van der Waals surface area contributed by atoms with Crippen molar-refractivity contribution in [2.75, 3.05) is 11.9 Å². The van der Waals surface area contributed by atoms with E-state index in [0.717, 1.165) is 24.3 Å². The molecule has 14 heavy (non-hydrogen) atoms. The molecule has 1 aromatic rings. The smallest absolute Gasteiger partial charge is 0.0421 e. The predicted octanol–water partition coefficient (Wildman–Crippen LogP) is 1.79. The van der Waals surface area contributed by atoms with Crippen LogP contribution in [-0.2, 0) is 6.42 Å². The fourth-order valence-corrected chi connectivity index (χ4v) is 1.11. The predicted molar refractivity (Wildman–Crippen MR) is 60.4 cm³/mol. The van der Waals surface area contributed by atoms with Gasteiger partial charge in [0.15, 0.2) is 0 Å². The lowest BCUT2D eigenvalue weighted by Gasteiger charge is -2.19. The van der Waals surface area contributed by atoms with E-state index in [1.165, 1.54) is 0 Å². The van der Waals surface area contributed by atoms with Gasteiger partial charge in [-0.25, -0.2) is 0 Å². The Morgan fingerprint density at radius 2 is 2.21 bits per heavy atom. The molecule has 0 fully saturated rings. The molecule has 0 saturated carbocycles. The topological polar surface area (TPSA) is 50.9 Å². The number of pyridine rings is 1. The van der Waals surface area contributed by atoms with Crippen molar-refractivity contribution in [2.24, 2.45) is 5.73 Å². The van der Waals surface area contributed by atoms with Crippen molar-refractivity contribution in [1.82, 2.24) is 4.98 Å². The minimum Gasteiger partial charge on any atom is -0.383 e. The number of rotatable bonds is 4. The molecule has 0 radical (unpaired) electrons. The minimum absolute atomic E-state index is 0.185. The van der Waals surface area contributed by atoms with E-state index in [1.54, 1.807) is 0 Å². The Kier molecular flexibility index (Phi) is 3.47. The first-order valence-corrected chi connectivity index (χ1v) is 4.99. The van der Waals surface area contributed by atoms with E-state index in [0.29, 0.717) is 0 Å². The fourth-order valence-electron chi connectivity index (χ4n) is 1.11. The highest BCUT2D eigenvalue weighted by Gasteiger charge is 2.09. The molecule has 0 aliphatic carbocycles. The van der Waals surface area contributed by atoms with Gasteiger partial charge in [0, 0.05) is 29.7 Å². The second-order valence-electron chi connectivity index (χ2n) is 4.23. The van der Waals surface area contributed by atoms with Crippen LogP contribution in [0.5, 0.6) is 0 Å². The van der Waals surface area contributed by atoms with Crippen LogP contribution in [0.1, 0.15) is 26.5 Å². The zero-order valence-corrected chi connectivity index (χ0v) is 9.17. The lowest BCUT2D eigenvalue weighted by Crippen LogP contribution is -2.39.